The molecule has 5 rings (SSSR count). The number of carbonyl (C=O) groups is 2. The summed E-state index contributed by atoms with van der Waals surface area (Å²) in [5.41, 5.74) is -1.63. The lowest BCUT2D eigenvalue weighted by molar-refractivity contribution is -0.409. The maximum atomic E-state index is 14.5. The molecule has 0 radical (unpaired) electrons. The topological polar surface area (TPSA) is 153 Å². The van der Waals surface area contributed by atoms with Crippen molar-refractivity contribution in [3.63, 3.8) is 0 Å². The molecule has 5 aliphatic heterocycles. The van der Waals surface area contributed by atoms with Gasteiger partial charge in [0.2, 0.25) is 11.7 Å². The fraction of sp³-hybridized carbons (Fsp3) is 0.867. The van der Waals surface area contributed by atoms with E-state index >= 15 is 0 Å². The van der Waals surface area contributed by atoms with E-state index in [0.29, 0.717) is 44.9 Å². The zero-order chi connectivity index (χ0) is 41.4. The van der Waals surface area contributed by atoms with Crippen molar-refractivity contribution in [3.05, 3.63) is 12.2 Å². The fourth-order valence-electron chi connectivity index (χ4n) is 10.8. The number of rotatable bonds is 13. The van der Waals surface area contributed by atoms with Gasteiger partial charge in [-0.15, -0.1) is 6.42 Å². The van der Waals surface area contributed by atoms with E-state index in [1.165, 1.54) is 0 Å². The number of aliphatic hydroxyl groups excluding tert-OH is 2. The molecule has 0 aromatic rings. The van der Waals surface area contributed by atoms with Gasteiger partial charge in [0.15, 0.2) is 5.79 Å². The number of hydrogen-bond acceptors (Lipinski definition) is 10. The highest BCUT2D eigenvalue weighted by Gasteiger charge is 2.63. The smallest absolute Gasteiger partial charge is 0.226 e. The largest absolute Gasteiger partial charge is 0.392 e. The third kappa shape index (κ3) is 8.56. The van der Waals surface area contributed by atoms with Crippen LogP contribution in [0.15, 0.2) is 12.2 Å². The Labute approximate surface area is 336 Å². The van der Waals surface area contributed by atoms with Gasteiger partial charge < -0.3 is 44.3 Å². The Kier molecular flexibility index (Phi) is 14.3. The molecule has 318 valence electrons. The second-order valence-electron chi connectivity index (χ2n) is 18.5. The summed E-state index contributed by atoms with van der Waals surface area (Å²) in [5, 5.41) is 37.2. The van der Waals surface area contributed by atoms with Crippen LogP contribution in [0.4, 0.5) is 0 Å². The predicted molar refractivity (Wildman–Crippen MR) is 213 cm³/mol. The number of hydrogen-bond donors (Lipinski definition) is 4. The minimum absolute atomic E-state index is 0.0179. The second-order valence-corrected chi connectivity index (χ2v) is 18.5. The van der Waals surface area contributed by atoms with Crippen molar-refractivity contribution in [2.24, 2.45) is 41.4 Å². The number of ether oxygens (including phenoxy) is 5. The van der Waals surface area contributed by atoms with Gasteiger partial charge in [-0.1, -0.05) is 61.3 Å². The standard InChI is InChI=1S/C45H73NO10/c1-12-24-46-41(50)32(13-2)34-17-16-26(5)39(53-34)30(9)37(48)29(8)38(49)33(14-3)40-27(6)25-28(7)44(54-40)21-18-35(47)45(56-44)23-22-42(11,55-45)36-19-20-43(51,15-4)31(10)52-36/h1,18,21,26-37,39-40,47-48,51H,13-17,19-20,22-25H2,2-11H3,(H,46,50)/t26-,27-,28+,29-,30-,31-,32+,33-,34?,35-,36+,37+,39+,40?,42-,43+,44-,45-/m0/s1. The molecule has 0 saturated carbocycles. The van der Waals surface area contributed by atoms with E-state index in [1.807, 2.05) is 41.5 Å². The fourth-order valence-corrected chi connectivity index (χ4v) is 10.8. The molecule has 11 heteroatoms. The van der Waals surface area contributed by atoms with E-state index in [0.717, 1.165) is 19.3 Å². The quantitative estimate of drug-likeness (QED) is 0.132. The summed E-state index contributed by atoms with van der Waals surface area (Å²) in [6.07, 6.45) is 11.4. The minimum atomic E-state index is -1.37. The van der Waals surface area contributed by atoms with Gasteiger partial charge in [0.05, 0.1) is 60.3 Å². The highest BCUT2D eigenvalue weighted by atomic mass is 16.8. The van der Waals surface area contributed by atoms with E-state index in [9.17, 15) is 24.9 Å². The third-order valence-electron chi connectivity index (χ3n) is 14.8. The molecule has 56 heavy (non-hydrogen) atoms. The molecule has 2 spiro atoms. The van der Waals surface area contributed by atoms with Crippen molar-refractivity contribution in [1.29, 1.82) is 0 Å². The SMILES string of the molecule is C#CCNC(=O)[C@H](CC)C1CC[C@H](C)[C@H]([C@@H](C)[C@H](O)[C@H](C)C(=O)[C@H](CC)C2O[C@]3(C=C[C@H](O)[C@]4(CC[C@@](C)([C@H]5CC[C@](O)(CC)[C@H](C)O5)O4)O3)[C@H](C)C[C@@H]2C)O1. The summed E-state index contributed by atoms with van der Waals surface area (Å²) < 4.78 is 33.8. The summed E-state index contributed by atoms with van der Waals surface area (Å²) >= 11 is 0. The zero-order valence-corrected chi connectivity index (χ0v) is 35.8. The lowest BCUT2D eigenvalue weighted by Crippen LogP contribution is -2.63. The highest BCUT2D eigenvalue weighted by Crippen LogP contribution is 2.54. The van der Waals surface area contributed by atoms with Crippen LogP contribution in [0.3, 0.4) is 0 Å². The van der Waals surface area contributed by atoms with Crippen LogP contribution in [0.25, 0.3) is 0 Å². The Hall–Kier alpha value is -1.88. The summed E-state index contributed by atoms with van der Waals surface area (Å²) in [7, 11) is 0. The van der Waals surface area contributed by atoms with Crippen molar-refractivity contribution in [3.8, 4) is 12.3 Å². The van der Waals surface area contributed by atoms with Gasteiger partial charge in [-0.25, -0.2) is 0 Å². The third-order valence-corrected chi connectivity index (χ3v) is 14.8. The van der Waals surface area contributed by atoms with Crippen LogP contribution >= 0.6 is 0 Å². The first-order valence-electron chi connectivity index (χ1n) is 21.8. The summed E-state index contributed by atoms with van der Waals surface area (Å²) in [6.45, 7) is 20.0. The Morgan fingerprint density at radius 3 is 2.27 bits per heavy atom. The van der Waals surface area contributed by atoms with Crippen molar-refractivity contribution in [2.75, 3.05) is 6.54 Å². The van der Waals surface area contributed by atoms with Gasteiger partial charge in [-0.05, 0) is 95.6 Å². The summed E-state index contributed by atoms with van der Waals surface area (Å²) in [6, 6.07) is 0. The average molecular weight is 788 g/mol. The van der Waals surface area contributed by atoms with E-state index in [-0.39, 0.29) is 72.2 Å². The molecule has 11 nitrogen and oxygen atoms in total. The normalized spacial score (nSPS) is 44.1. The van der Waals surface area contributed by atoms with Crippen molar-refractivity contribution >= 4 is 11.7 Å². The number of carbonyl (C=O) groups excluding carboxylic acids is 2. The van der Waals surface area contributed by atoms with Crippen LogP contribution in [-0.2, 0) is 33.3 Å². The zero-order valence-electron chi connectivity index (χ0n) is 35.8. The number of aliphatic hydroxyl groups is 3. The molecule has 2 unspecified atom stereocenters. The van der Waals surface area contributed by atoms with Gasteiger partial charge >= 0.3 is 0 Å². The van der Waals surface area contributed by atoms with Crippen LogP contribution in [0, 0.1) is 53.8 Å². The molecule has 4 saturated heterocycles. The van der Waals surface area contributed by atoms with Crippen LogP contribution in [-0.4, -0.2) is 99.1 Å². The van der Waals surface area contributed by atoms with Crippen molar-refractivity contribution in [2.45, 2.75) is 199 Å². The lowest BCUT2D eigenvalue weighted by Gasteiger charge is -2.54. The Morgan fingerprint density at radius 2 is 1.64 bits per heavy atom. The van der Waals surface area contributed by atoms with Crippen molar-refractivity contribution in [1.82, 2.24) is 5.32 Å². The molecule has 0 aliphatic carbocycles. The molecule has 5 heterocycles. The maximum Gasteiger partial charge on any atom is 0.226 e. The first-order valence-corrected chi connectivity index (χ1v) is 21.8. The van der Waals surface area contributed by atoms with Crippen LogP contribution in [0.2, 0.25) is 0 Å². The van der Waals surface area contributed by atoms with E-state index in [2.05, 4.69) is 32.0 Å². The Bertz CT molecular complexity index is 1450. The van der Waals surface area contributed by atoms with Gasteiger partial charge in [0.25, 0.3) is 0 Å². The number of Topliss-reactive ketones (excluding diaryl/α,β-unsaturated/α-hetero) is 1. The minimum Gasteiger partial charge on any atom is -0.392 e. The van der Waals surface area contributed by atoms with Crippen LogP contribution in [0.1, 0.15) is 133 Å². The molecule has 1 amide bonds. The molecular formula is C45H73NO10. The molecule has 0 aromatic carbocycles. The number of ketones is 1. The predicted octanol–water partition coefficient (Wildman–Crippen LogP) is 5.85. The molecule has 5 aliphatic rings. The molecule has 4 N–H and O–H groups in total. The van der Waals surface area contributed by atoms with Gasteiger partial charge in [-0.3, -0.25) is 9.59 Å². The molecule has 0 bridgehead atoms. The molecular weight excluding hydrogens is 714 g/mol. The monoisotopic (exact) mass is 788 g/mol. The van der Waals surface area contributed by atoms with E-state index in [1.54, 1.807) is 19.1 Å². The molecule has 18 atom stereocenters. The summed E-state index contributed by atoms with van der Waals surface area (Å²) in [4.78, 5) is 27.5. The lowest BCUT2D eigenvalue weighted by atomic mass is 9.72. The summed E-state index contributed by atoms with van der Waals surface area (Å²) in [5.74, 6) is -2.21. The first-order chi connectivity index (χ1) is 26.3. The number of terminal acetylenes is 1. The van der Waals surface area contributed by atoms with Crippen LogP contribution in [0.5, 0.6) is 0 Å². The van der Waals surface area contributed by atoms with Gasteiger partial charge in [0.1, 0.15) is 11.9 Å². The van der Waals surface area contributed by atoms with E-state index in [4.69, 9.17) is 30.1 Å². The number of amides is 1. The second kappa shape index (κ2) is 17.8. The number of nitrogens with one attached hydrogen (secondary N) is 1. The average Bonchev–Trinajstić information content (AvgIpc) is 3.52. The molecule has 0 aromatic heterocycles. The Morgan fingerprint density at radius 1 is 0.946 bits per heavy atom. The first kappa shape index (κ1) is 45.2. The van der Waals surface area contributed by atoms with Gasteiger partial charge in [-0.2, -0.15) is 0 Å². The highest BCUT2D eigenvalue weighted by molar-refractivity contribution is 5.84. The molecule has 4 fully saturated rings. The maximum absolute atomic E-state index is 14.5. The Balaban J connectivity index is 1.30. The van der Waals surface area contributed by atoms with E-state index < -0.39 is 52.9 Å². The van der Waals surface area contributed by atoms with Crippen LogP contribution < -0.4 is 5.32 Å². The van der Waals surface area contributed by atoms with Crippen molar-refractivity contribution < 1.29 is 48.6 Å². The van der Waals surface area contributed by atoms with Gasteiger partial charge in [0, 0.05) is 30.1 Å².